The molecule has 0 aliphatic carbocycles. The highest BCUT2D eigenvalue weighted by Gasteiger charge is 2.13. The van der Waals surface area contributed by atoms with Gasteiger partial charge in [-0.2, -0.15) is 0 Å². The second-order valence-electron chi connectivity index (χ2n) is 3.80. The second-order valence-corrected chi connectivity index (χ2v) is 4.21. The van der Waals surface area contributed by atoms with E-state index in [0.29, 0.717) is 11.5 Å². The van der Waals surface area contributed by atoms with Crippen LogP contribution >= 0.6 is 11.6 Å². The zero-order valence-corrected chi connectivity index (χ0v) is 10.7. The van der Waals surface area contributed by atoms with Gasteiger partial charge in [0.05, 0.1) is 10.5 Å². The lowest BCUT2D eigenvalue weighted by Gasteiger charge is -2.06. The van der Waals surface area contributed by atoms with Gasteiger partial charge in [-0.1, -0.05) is 11.6 Å². The number of aromatic carboxylic acids is 1. The molecule has 6 nitrogen and oxygen atoms in total. The van der Waals surface area contributed by atoms with Crippen LogP contribution in [0.1, 0.15) is 10.4 Å². The third-order valence-corrected chi connectivity index (χ3v) is 2.76. The molecule has 0 aliphatic rings. The molecule has 0 bridgehead atoms. The van der Waals surface area contributed by atoms with E-state index in [1.165, 1.54) is 42.5 Å². The van der Waals surface area contributed by atoms with E-state index in [2.05, 4.69) is 0 Å². The van der Waals surface area contributed by atoms with Gasteiger partial charge >= 0.3 is 5.97 Å². The van der Waals surface area contributed by atoms with Crippen molar-refractivity contribution in [2.24, 2.45) is 0 Å². The van der Waals surface area contributed by atoms with E-state index in [4.69, 9.17) is 21.4 Å². The third-order valence-electron chi connectivity index (χ3n) is 2.45. The normalized spacial score (nSPS) is 10.1. The fraction of sp³-hybridized carbons (Fsp3) is 0. The molecule has 0 atom stereocenters. The summed E-state index contributed by atoms with van der Waals surface area (Å²) in [5.41, 5.74) is -0.0701. The molecule has 7 heteroatoms. The van der Waals surface area contributed by atoms with Crippen molar-refractivity contribution in [2.45, 2.75) is 0 Å². The lowest BCUT2D eigenvalue weighted by molar-refractivity contribution is -0.384. The number of nitro groups is 1. The SMILES string of the molecule is O=C(O)c1ccc(Oc2ccc([N+](=O)[O-])c(Cl)c2)cc1. The summed E-state index contributed by atoms with van der Waals surface area (Å²) < 4.78 is 5.43. The van der Waals surface area contributed by atoms with Crippen LogP contribution in [0.15, 0.2) is 42.5 Å². The fourth-order valence-corrected chi connectivity index (χ4v) is 1.74. The number of carboxylic acids is 1. The topological polar surface area (TPSA) is 89.7 Å². The summed E-state index contributed by atoms with van der Waals surface area (Å²) in [5, 5.41) is 19.3. The molecule has 0 amide bonds. The summed E-state index contributed by atoms with van der Waals surface area (Å²) in [6, 6.07) is 9.73. The molecule has 0 aliphatic heterocycles. The van der Waals surface area contributed by atoms with Crippen molar-refractivity contribution in [1.82, 2.24) is 0 Å². The lowest BCUT2D eigenvalue weighted by Crippen LogP contribution is -1.95. The Morgan fingerprint density at radius 1 is 1.15 bits per heavy atom. The van der Waals surface area contributed by atoms with Gasteiger partial charge in [0.15, 0.2) is 0 Å². The second kappa shape index (κ2) is 5.58. The van der Waals surface area contributed by atoms with Gasteiger partial charge < -0.3 is 9.84 Å². The third kappa shape index (κ3) is 3.04. The van der Waals surface area contributed by atoms with Crippen LogP contribution in [0.3, 0.4) is 0 Å². The van der Waals surface area contributed by atoms with E-state index in [-0.39, 0.29) is 16.3 Å². The monoisotopic (exact) mass is 293 g/mol. The molecular weight excluding hydrogens is 286 g/mol. The summed E-state index contributed by atoms with van der Waals surface area (Å²) in [6.07, 6.45) is 0. The number of carbonyl (C=O) groups is 1. The Labute approximate surface area is 118 Å². The van der Waals surface area contributed by atoms with Gasteiger partial charge in [0.25, 0.3) is 5.69 Å². The van der Waals surface area contributed by atoms with Crippen LogP contribution in [-0.2, 0) is 0 Å². The molecule has 0 unspecified atom stereocenters. The number of halogens is 1. The van der Waals surface area contributed by atoms with Crippen LogP contribution in [0.2, 0.25) is 5.02 Å². The first-order chi connectivity index (χ1) is 9.47. The predicted octanol–water partition coefficient (Wildman–Crippen LogP) is 3.74. The van der Waals surface area contributed by atoms with E-state index in [1.54, 1.807) is 0 Å². The van der Waals surface area contributed by atoms with Gasteiger partial charge in [0.1, 0.15) is 16.5 Å². The number of rotatable bonds is 4. The van der Waals surface area contributed by atoms with E-state index >= 15 is 0 Å². The van der Waals surface area contributed by atoms with Crippen molar-refractivity contribution >= 4 is 23.3 Å². The predicted molar refractivity (Wildman–Crippen MR) is 71.6 cm³/mol. The number of carboxylic acid groups (broad SMARTS) is 1. The Bertz CT molecular complexity index is 669. The molecule has 102 valence electrons. The molecule has 1 N–H and O–H groups in total. The molecule has 2 aromatic rings. The first-order valence-electron chi connectivity index (χ1n) is 5.42. The zero-order valence-electron chi connectivity index (χ0n) is 9.95. The summed E-state index contributed by atoms with van der Waals surface area (Å²) in [7, 11) is 0. The first kappa shape index (κ1) is 13.8. The standard InChI is InChI=1S/C13H8ClNO5/c14-11-7-10(5-6-12(11)15(18)19)20-9-3-1-8(2-4-9)13(16)17/h1-7H,(H,16,17). The van der Waals surface area contributed by atoms with Crippen LogP contribution in [0.4, 0.5) is 5.69 Å². The number of nitro benzene ring substituents is 1. The zero-order chi connectivity index (χ0) is 14.7. The summed E-state index contributed by atoms with van der Waals surface area (Å²) in [5.74, 6) is -0.307. The van der Waals surface area contributed by atoms with Gasteiger partial charge in [-0.3, -0.25) is 10.1 Å². The Balaban J connectivity index is 2.19. The first-order valence-corrected chi connectivity index (χ1v) is 5.80. The molecule has 0 heterocycles. The van der Waals surface area contributed by atoms with E-state index < -0.39 is 10.9 Å². The van der Waals surface area contributed by atoms with Crippen LogP contribution in [-0.4, -0.2) is 16.0 Å². The molecule has 0 spiro atoms. The van der Waals surface area contributed by atoms with Crippen molar-refractivity contribution < 1.29 is 19.6 Å². The smallest absolute Gasteiger partial charge is 0.335 e. The highest BCUT2D eigenvalue weighted by molar-refractivity contribution is 6.32. The molecule has 0 saturated carbocycles. The largest absolute Gasteiger partial charge is 0.478 e. The highest BCUT2D eigenvalue weighted by Crippen LogP contribution is 2.30. The van der Waals surface area contributed by atoms with Crippen molar-refractivity contribution in [3.8, 4) is 11.5 Å². The number of hydrogen-bond donors (Lipinski definition) is 1. The summed E-state index contributed by atoms with van der Waals surface area (Å²) >= 11 is 5.76. The maximum absolute atomic E-state index is 10.7. The van der Waals surface area contributed by atoms with Gasteiger partial charge in [0.2, 0.25) is 0 Å². The maximum Gasteiger partial charge on any atom is 0.335 e. The molecule has 0 radical (unpaired) electrons. The van der Waals surface area contributed by atoms with Crippen LogP contribution in [0.25, 0.3) is 0 Å². The maximum atomic E-state index is 10.7. The van der Waals surface area contributed by atoms with Crippen molar-refractivity contribution in [3.63, 3.8) is 0 Å². The Morgan fingerprint density at radius 2 is 1.75 bits per heavy atom. The van der Waals surface area contributed by atoms with Crippen LogP contribution in [0.5, 0.6) is 11.5 Å². The van der Waals surface area contributed by atoms with E-state index in [1.807, 2.05) is 0 Å². The highest BCUT2D eigenvalue weighted by atomic mass is 35.5. The Morgan fingerprint density at radius 3 is 2.25 bits per heavy atom. The molecule has 0 fully saturated rings. The molecule has 20 heavy (non-hydrogen) atoms. The van der Waals surface area contributed by atoms with Crippen LogP contribution < -0.4 is 4.74 Å². The van der Waals surface area contributed by atoms with Gasteiger partial charge in [-0.05, 0) is 30.3 Å². The van der Waals surface area contributed by atoms with Crippen molar-refractivity contribution in [1.29, 1.82) is 0 Å². The summed E-state index contributed by atoms with van der Waals surface area (Å²) in [4.78, 5) is 20.7. The summed E-state index contributed by atoms with van der Waals surface area (Å²) in [6.45, 7) is 0. The molecular formula is C13H8ClNO5. The number of ether oxygens (including phenoxy) is 1. The van der Waals surface area contributed by atoms with Gasteiger partial charge in [-0.15, -0.1) is 0 Å². The van der Waals surface area contributed by atoms with E-state index in [9.17, 15) is 14.9 Å². The number of hydrogen-bond acceptors (Lipinski definition) is 4. The molecule has 0 aromatic heterocycles. The molecule has 2 aromatic carbocycles. The minimum Gasteiger partial charge on any atom is -0.478 e. The lowest BCUT2D eigenvalue weighted by atomic mass is 10.2. The number of benzene rings is 2. The van der Waals surface area contributed by atoms with Crippen LogP contribution in [0, 0.1) is 10.1 Å². The van der Waals surface area contributed by atoms with Gasteiger partial charge in [-0.25, -0.2) is 4.79 Å². The minimum atomic E-state index is -1.03. The van der Waals surface area contributed by atoms with Crippen molar-refractivity contribution in [2.75, 3.05) is 0 Å². The van der Waals surface area contributed by atoms with Gasteiger partial charge in [0, 0.05) is 12.1 Å². The number of nitrogens with zero attached hydrogens (tertiary/aromatic N) is 1. The Hall–Kier alpha value is -2.60. The van der Waals surface area contributed by atoms with Crippen molar-refractivity contribution in [3.05, 3.63) is 63.2 Å². The average Bonchev–Trinajstić information content (AvgIpc) is 2.39. The fourth-order valence-electron chi connectivity index (χ4n) is 1.50. The minimum absolute atomic E-state index is 0.0327. The Kier molecular flexibility index (Phi) is 3.86. The van der Waals surface area contributed by atoms with E-state index in [0.717, 1.165) is 0 Å². The molecule has 2 rings (SSSR count). The average molecular weight is 294 g/mol. The molecule has 0 saturated heterocycles. The quantitative estimate of drug-likeness (QED) is 0.685.